The lowest BCUT2D eigenvalue weighted by Gasteiger charge is -2.30. The summed E-state index contributed by atoms with van der Waals surface area (Å²) in [5.74, 6) is 0.880. The van der Waals surface area contributed by atoms with Crippen LogP contribution in [0, 0.1) is 0 Å². The van der Waals surface area contributed by atoms with Crippen LogP contribution >= 0.6 is 27.7 Å². The van der Waals surface area contributed by atoms with Gasteiger partial charge in [0.25, 0.3) is 5.91 Å². The molecule has 1 aromatic heterocycles. The van der Waals surface area contributed by atoms with E-state index in [0.29, 0.717) is 11.5 Å². The molecule has 0 spiro atoms. The Bertz CT molecular complexity index is 1570. The van der Waals surface area contributed by atoms with Crippen LogP contribution in [0.25, 0.3) is 17.0 Å². The molecule has 1 saturated carbocycles. The number of carbonyl (C=O) groups excluding carboxylic acids is 1. The van der Waals surface area contributed by atoms with Gasteiger partial charge in [-0.3, -0.25) is 9.69 Å². The van der Waals surface area contributed by atoms with Crippen LogP contribution < -0.4 is 4.74 Å². The largest absolute Gasteiger partial charge is 0.494 e. The minimum atomic E-state index is 0.0561. The lowest BCUT2D eigenvalue weighted by Crippen LogP contribution is -2.40. The Morgan fingerprint density at radius 2 is 1.80 bits per heavy atom. The van der Waals surface area contributed by atoms with Crippen molar-refractivity contribution in [3.05, 3.63) is 99.5 Å². The lowest BCUT2D eigenvalue weighted by molar-refractivity contribution is -0.124. The van der Waals surface area contributed by atoms with Gasteiger partial charge in [-0.2, -0.15) is 0 Å². The number of thioether (sulfide) groups is 1. The van der Waals surface area contributed by atoms with Crippen LogP contribution in [0.15, 0.2) is 93.4 Å². The Hall–Kier alpha value is -3.29. The van der Waals surface area contributed by atoms with Gasteiger partial charge >= 0.3 is 0 Å². The molecule has 0 N–H and O–H groups in total. The highest BCUT2D eigenvalue weighted by atomic mass is 79.9. The van der Waals surface area contributed by atoms with Crippen molar-refractivity contribution >= 4 is 61.4 Å². The molecule has 1 saturated heterocycles. The van der Waals surface area contributed by atoms with Gasteiger partial charge in [-0.25, -0.2) is 4.99 Å². The van der Waals surface area contributed by atoms with Crippen molar-refractivity contribution in [2.75, 3.05) is 6.61 Å². The van der Waals surface area contributed by atoms with E-state index in [1.165, 1.54) is 23.7 Å². The molecule has 1 aliphatic heterocycles. The van der Waals surface area contributed by atoms with Crippen molar-refractivity contribution in [3.63, 3.8) is 0 Å². The van der Waals surface area contributed by atoms with Gasteiger partial charge in [-0.15, -0.1) is 0 Å². The molecule has 2 fully saturated rings. The first-order valence-electron chi connectivity index (χ1n) is 14.0. The monoisotopic (exact) mass is 613 g/mol. The summed E-state index contributed by atoms with van der Waals surface area (Å²) in [6.45, 7) is 3.37. The smallest absolute Gasteiger partial charge is 0.267 e. The Kier molecular flexibility index (Phi) is 8.12. The average molecular weight is 615 g/mol. The third-order valence-electron chi connectivity index (χ3n) is 7.51. The number of aliphatic imine (C=N–C) groups is 1. The first-order chi connectivity index (χ1) is 19.6. The molecule has 4 aromatic rings. The number of ether oxygens (including phenoxy) is 1. The summed E-state index contributed by atoms with van der Waals surface area (Å²) in [5.41, 5.74) is 4.24. The predicted molar refractivity (Wildman–Crippen MR) is 169 cm³/mol. The third-order valence-corrected chi connectivity index (χ3v) is 8.98. The van der Waals surface area contributed by atoms with Crippen LogP contribution in [0.3, 0.4) is 0 Å². The number of nitrogens with zero attached hydrogens (tertiary/aromatic N) is 3. The molecule has 2 heterocycles. The number of halogens is 1. The van der Waals surface area contributed by atoms with Gasteiger partial charge < -0.3 is 9.30 Å². The first-order valence-corrected chi connectivity index (χ1v) is 15.6. The number of amides is 1. The number of fused-ring (bicyclic) bond motifs is 1. The summed E-state index contributed by atoms with van der Waals surface area (Å²) in [4.78, 5) is 21.6. The topological polar surface area (TPSA) is 46.8 Å². The molecule has 0 atom stereocenters. The summed E-state index contributed by atoms with van der Waals surface area (Å²) in [6, 6.07) is 24.8. The van der Waals surface area contributed by atoms with Crippen molar-refractivity contribution in [3.8, 4) is 5.75 Å². The number of rotatable bonds is 7. The summed E-state index contributed by atoms with van der Waals surface area (Å²) in [6.07, 6.45) is 9.79. The molecular formula is C33H32BrN3O2S. The van der Waals surface area contributed by atoms with Gasteiger partial charge in [0.1, 0.15) is 5.75 Å². The number of aromatic nitrogens is 1. The molecule has 1 aliphatic carbocycles. The van der Waals surface area contributed by atoms with E-state index in [9.17, 15) is 4.79 Å². The third kappa shape index (κ3) is 5.77. The summed E-state index contributed by atoms with van der Waals surface area (Å²) >= 11 is 5.14. The van der Waals surface area contributed by atoms with E-state index >= 15 is 0 Å². The summed E-state index contributed by atoms with van der Waals surface area (Å²) in [5, 5.41) is 1.88. The molecule has 7 heteroatoms. The van der Waals surface area contributed by atoms with E-state index in [1.54, 1.807) is 0 Å². The number of hydrogen-bond acceptors (Lipinski definition) is 4. The lowest BCUT2D eigenvalue weighted by atomic mass is 9.94. The highest BCUT2D eigenvalue weighted by molar-refractivity contribution is 9.10. The van der Waals surface area contributed by atoms with Crippen LogP contribution in [0.2, 0.25) is 0 Å². The van der Waals surface area contributed by atoms with Gasteiger partial charge in [-0.1, -0.05) is 65.5 Å². The van der Waals surface area contributed by atoms with Crippen LogP contribution in [0.5, 0.6) is 5.75 Å². The molecule has 204 valence electrons. The number of benzene rings is 3. The van der Waals surface area contributed by atoms with Crippen molar-refractivity contribution in [1.29, 1.82) is 0 Å². The maximum atomic E-state index is 14.0. The zero-order chi connectivity index (χ0) is 27.5. The zero-order valence-corrected chi connectivity index (χ0v) is 25.0. The van der Waals surface area contributed by atoms with Crippen molar-refractivity contribution in [2.45, 2.75) is 51.6 Å². The molecular weight excluding hydrogens is 582 g/mol. The van der Waals surface area contributed by atoms with Crippen molar-refractivity contribution in [2.24, 2.45) is 4.99 Å². The van der Waals surface area contributed by atoms with Crippen molar-refractivity contribution < 1.29 is 9.53 Å². The Labute approximate surface area is 248 Å². The summed E-state index contributed by atoms with van der Waals surface area (Å²) in [7, 11) is 0. The highest BCUT2D eigenvalue weighted by Gasteiger charge is 2.38. The quantitative estimate of drug-likeness (QED) is 0.196. The highest BCUT2D eigenvalue weighted by Crippen LogP contribution is 2.40. The summed E-state index contributed by atoms with van der Waals surface area (Å²) < 4.78 is 8.88. The van der Waals surface area contributed by atoms with E-state index in [0.717, 1.165) is 69.8 Å². The molecule has 0 unspecified atom stereocenters. The van der Waals surface area contributed by atoms with Crippen LogP contribution in [-0.2, 0) is 11.3 Å². The fraction of sp³-hybridized carbons (Fsp3) is 0.273. The second-order valence-corrected chi connectivity index (χ2v) is 12.2. The zero-order valence-electron chi connectivity index (χ0n) is 22.6. The molecule has 5 nitrogen and oxygen atoms in total. The molecule has 0 radical (unpaired) electrons. The standard InChI is InChI=1S/C33H32BrN3O2S/c1-2-39-28-16-14-26(15-17-28)35-33-37(27-11-7-4-8-12-27)32(38)31(40-33)19-24-22-36(21-23-9-5-3-6-10-23)30-18-13-25(34)20-29(24)30/h3,5-6,9-10,13-20,22,27H,2,4,7-8,11-12,21H2,1H3/b31-19+,35-33?. The van der Waals surface area contributed by atoms with E-state index in [2.05, 4.69) is 75.2 Å². The van der Waals surface area contributed by atoms with Gasteiger partial charge in [-0.05, 0) is 85.6 Å². The fourth-order valence-electron chi connectivity index (χ4n) is 5.58. The number of amidine groups is 1. The fourth-order valence-corrected chi connectivity index (χ4v) is 6.99. The van der Waals surface area contributed by atoms with Gasteiger partial charge in [0.15, 0.2) is 5.17 Å². The Morgan fingerprint density at radius 1 is 1.02 bits per heavy atom. The molecule has 3 aromatic carbocycles. The van der Waals surface area contributed by atoms with Crippen LogP contribution in [0.1, 0.15) is 50.2 Å². The second-order valence-electron chi connectivity index (χ2n) is 10.3. The normalized spacial score (nSPS) is 18.4. The van der Waals surface area contributed by atoms with Gasteiger partial charge in [0, 0.05) is 39.7 Å². The first kappa shape index (κ1) is 26.9. The number of hydrogen-bond donors (Lipinski definition) is 0. The van der Waals surface area contributed by atoms with Gasteiger partial charge in [0.05, 0.1) is 17.2 Å². The van der Waals surface area contributed by atoms with Gasteiger partial charge in [0.2, 0.25) is 0 Å². The van der Waals surface area contributed by atoms with E-state index in [-0.39, 0.29) is 11.9 Å². The Morgan fingerprint density at radius 3 is 2.55 bits per heavy atom. The average Bonchev–Trinajstić information content (AvgIpc) is 3.46. The Balaban J connectivity index is 1.38. The molecule has 2 aliphatic rings. The second kappa shape index (κ2) is 12.1. The predicted octanol–water partition coefficient (Wildman–Crippen LogP) is 8.79. The van der Waals surface area contributed by atoms with E-state index in [1.807, 2.05) is 42.2 Å². The van der Waals surface area contributed by atoms with Crippen molar-refractivity contribution in [1.82, 2.24) is 9.47 Å². The van der Waals surface area contributed by atoms with E-state index in [4.69, 9.17) is 9.73 Å². The molecule has 1 amide bonds. The minimum absolute atomic E-state index is 0.0561. The van der Waals surface area contributed by atoms with Crippen LogP contribution in [0.4, 0.5) is 5.69 Å². The molecule has 0 bridgehead atoms. The van der Waals surface area contributed by atoms with E-state index < -0.39 is 0 Å². The van der Waals surface area contributed by atoms with Crippen LogP contribution in [-0.4, -0.2) is 33.2 Å². The maximum absolute atomic E-state index is 14.0. The number of carbonyl (C=O) groups is 1. The molecule has 6 rings (SSSR count). The maximum Gasteiger partial charge on any atom is 0.267 e. The minimum Gasteiger partial charge on any atom is -0.494 e. The molecule has 40 heavy (non-hydrogen) atoms. The SMILES string of the molecule is CCOc1ccc(N=C2S/C(=C/c3cn(Cc4ccccc4)c4ccc(Br)cc34)C(=O)N2C2CCCCC2)cc1.